The van der Waals surface area contributed by atoms with Crippen molar-refractivity contribution in [3.8, 4) is 5.75 Å². The summed E-state index contributed by atoms with van der Waals surface area (Å²) in [7, 11) is 0. The van der Waals surface area contributed by atoms with Gasteiger partial charge in [-0.15, -0.1) is 0 Å². The molecule has 0 spiro atoms. The topological polar surface area (TPSA) is 70.9 Å². The van der Waals surface area contributed by atoms with Gasteiger partial charge in [0.25, 0.3) is 5.91 Å². The molecule has 1 aliphatic rings. The predicted octanol–water partition coefficient (Wildman–Crippen LogP) is 1.93. The van der Waals surface area contributed by atoms with Crippen LogP contribution in [0.3, 0.4) is 0 Å². The van der Waals surface area contributed by atoms with Crippen molar-refractivity contribution in [2.45, 2.75) is 38.8 Å². The van der Waals surface area contributed by atoms with Gasteiger partial charge in [0.1, 0.15) is 5.75 Å². The summed E-state index contributed by atoms with van der Waals surface area (Å²) in [6.45, 7) is 3.39. The number of hydrogen-bond donors (Lipinski definition) is 2. The lowest BCUT2D eigenvalue weighted by Gasteiger charge is -2.16. The number of para-hydroxylation sites is 1. The number of oxime groups is 1. The van der Waals surface area contributed by atoms with Crippen molar-refractivity contribution >= 4 is 11.6 Å². The Labute approximate surface area is 112 Å². The molecule has 19 heavy (non-hydrogen) atoms. The van der Waals surface area contributed by atoms with Crippen LogP contribution < -0.4 is 10.1 Å². The molecule has 102 valence electrons. The van der Waals surface area contributed by atoms with E-state index in [0.717, 1.165) is 12.8 Å². The smallest absolute Gasteiger partial charge is 0.260 e. The summed E-state index contributed by atoms with van der Waals surface area (Å²) in [5.74, 6) is 0.423. The molecule has 1 aromatic rings. The second-order valence-corrected chi connectivity index (χ2v) is 4.72. The molecule has 1 atom stereocenters. The lowest BCUT2D eigenvalue weighted by molar-refractivity contribution is -0.127. The van der Waals surface area contributed by atoms with Crippen LogP contribution in [0.5, 0.6) is 5.75 Å². The number of carbonyl (C=O) groups is 1. The average Bonchev–Trinajstić information content (AvgIpc) is 3.22. The van der Waals surface area contributed by atoms with E-state index in [0.29, 0.717) is 23.1 Å². The minimum Gasteiger partial charge on any atom is -0.480 e. The first kappa shape index (κ1) is 13.4. The number of benzene rings is 1. The molecule has 0 aromatic heterocycles. The molecular weight excluding hydrogens is 244 g/mol. The van der Waals surface area contributed by atoms with Crippen molar-refractivity contribution in [3.63, 3.8) is 0 Å². The quantitative estimate of drug-likeness (QED) is 0.484. The van der Waals surface area contributed by atoms with Gasteiger partial charge in [0.05, 0.1) is 5.71 Å². The molecular formula is C14H18N2O3. The Balaban J connectivity index is 2.07. The Bertz CT molecular complexity index is 495. The van der Waals surface area contributed by atoms with Gasteiger partial charge in [-0.2, -0.15) is 0 Å². The summed E-state index contributed by atoms with van der Waals surface area (Å²) in [4.78, 5) is 11.8. The summed E-state index contributed by atoms with van der Waals surface area (Å²) in [5.41, 5.74) is 1.13. The Morgan fingerprint density at radius 1 is 1.47 bits per heavy atom. The van der Waals surface area contributed by atoms with Gasteiger partial charge in [-0.1, -0.05) is 17.3 Å². The molecule has 1 unspecified atom stereocenters. The zero-order chi connectivity index (χ0) is 13.8. The highest BCUT2D eigenvalue weighted by molar-refractivity contribution is 6.00. The lowest BCUT2D eigenvalue weighted by atomic mass is 10.1. The van der Waals surface area contributed by atoms with Crippen LogP contribution in [0.15, 0.2) is 29.4 Å². The molecule has 1 aliphatic carbocycles. The van der Waals surface area contributed by atoms with Crippen molar-refractivity contribution < 1.29 is 14.7 Å². The molecule has 2 rings (SSSR count). The molecule has 1 amide bonds. The van der Waals surface area contributed by atoms with Crippen LogP contribution >= 0.6 is 0 Å². The van der Waals surface area contributed by atoms with Crippen molar-refractivity contribution in [1.82, 2.24) is 5.32 Å². The summed E-state index contributed by atoms with van der Waals surface area (Å²) < 4.78 is 5.65. The molecule has 0 heterocycles. The van der Waals surface area contributed by atoms with Gasteiger partial charge in [-0.25, -0.2) is 0 Å². The maximum atomic E-state index is 11.8. The standard InChI is InChI=1S/C14H18N2O3/c1-9(16-18)12-5-3-4-6-13(12)19-10(2)14(17)15-11-7-8-11/h3-6,10-11,18H,7-8H2,1-2H3,(H,15,17)/b16-9+. The number of amides is 1. The fraction of sp³-hybridized carbons (Fsp3) is 0.429. The number of rotatable bonds is 5. The normalized spacial score (nSPS) is 16.8. The first-order valence-electron chi connectivity index (χ1n) is 6.37. The highest BCUT2D eigenvalue weighted by atomic mass is 16.5. The fourth-order valence-corrected chi connectivity index (χ4v) is 1.71. The summed E-state index contributed by atoms with van der Waals surface area (Å²) in [6, 6.07) is 7.50. The second kappa shape index (κ2) is 5.73. The maximum absolute atomic E-state index is 11.8. The van der Waals surface area contributed by atoms with E-state index in [4.69, 9.17) is 9.94 Å². The van der Waals surface area contributed by atoms with E-state index >= 15 is 0 Å². The summed E-state index contributed by atoms with van der Waals surface area (Å²) in [6.07, 6.45) is 1.52. The van der Waals surface area contributed by atoms with E-state index in [1.807, 2.05) is 12.1 Å². The molecule has 5 heteroatoms. The van der Waals surface area contributed by atoms with Crippen LogP contribution in [-0.2, 0) is 4.79 Å². The van der Waals surface area contributed by atoms with Crippen molar-refractivity contribution in [3.05, 3.63) is 29.8 Å². The fourth-order valence-electron chi connectivity index (χ4n) is 1.71. The van der Waals surface area contributed by atoms with E-state index in [2.05, 4.69) is 10.5 Å². The second-order valence-electron chi connectivity index (χ2n) is 4.72. The van der Waals surface area contributed by atoms with Crippen LogP contribution in [0.4, 0.5) is 0 Å². The van der Waals surface area contributed by atoms with Gasteiger partial charge < -0.3 is 15.3 Å². The zero-order valence-corrected chi connectivity index (χ0v) is 11.1. The van der Waals surface area contributed by atoms with Crippen LogP contribution in [0, 0.1) is 0 Å². The molecule has 0 saturated heterocycles. The number of carbonyl (C=O) groups excluding carboxylic acids is 1. The summed E-state index contributed by atoms with van der Waals surface area (Å²) in [5, 5.41) is 14.9. The minimum atomic E-state index is -0.576. The maximum Gasteiger partial charge on any atom is 0.260 e. The SMILES string of the molecule is C/C(=N\O)c1ccccc1OC(C)C(=O)NC1CC1. The van der Waals surface area contributed by atoms with Gasteiger partial charge in [0.15, 0.2) is 6.10 Å². The Morgan fingerprint density at radius 2 is 2.16 bits per heavy atom. The van der Waals surface area contributed by atoms with E-state index in [9.17, 15) is 4.79 Å². The number of hydrogen-bond acceptors (Lipinski definition) is 4. The van der Waals surface area contributed by atoms with E-state index < -0.39 is 6.10 Å². The van der Waals surface area contributed by atoms with Gasteiger partial charge in [-0.05, 0) is 38.8 Å². The first-order valence-corrected chi connectivity index (χ1v) is 6.37. The number of nitrogens with zero attached hydrogens (tertiary/aromatic N) is 1. The third-order valence-corrected chi connectivity index (χ3v) is 3.02. The molecule has 2 N–H and O–H groups in total. The van der Waals surface area contributed by atoms with Crippen LogP contribution in [-0.4, -0.2) is 29.0 Å². The van der Waals surface area contributed by atoms with Crippen LogP contribution in [0.25, 0.3) is 0 Å². The van der Waals surface area contributed by atoms with Crippen molar-refractivity contribution in [2.75, 3.05) is 0 Å². The molecule has 0 aliphatic heterocycles. The Morgan fingerprint density at radius 3 is 2.79 bits per heavy atom. The van der Waals surface area contributed by atoms with Crippen LogP contribution in [0.1, 0.15) is 32.3 Å². The molecule has 5 nitrogen and oxygen atoms in total. The first-order chi connectivity index (χ1) is 9.11. The van der Waals surface area contributed by atoms with Crippen molar-refractivity contribution in [1.29, 1.82) is 0 Å². The minimum absolute atomic E-state index is 0.115. The Hall–Kier alpha value is -2.04. The lowest BCUT2D eigenvalue weighted by Crippen LogP contribution is -2.37. The van der Waals surface area contributed by atoms with Crippen LogP contribution in [0.2, 0.25) is 0 Å². The van der Waals surface area contributed by atoms with Gasteiger partial charge >= 0.3 is 0 Å². The molecule has 1 aromatic carbocycles. The van der Waals surface area contributed by atoms with Crippen molar-refractivity contribution in [2.24, 2.45) is 5.16 Å². The largest absolute Gasteiger partial charge is 0.480 e. The zero-order valence-electron chi connectivity index (χ0n) is 11.1. The average molecular weight is 262 g/mol. The molecule has 0 radical (unpaired) electrons. The Kier molecular flexibility index (Phi) is 4.04. The highest BCUT2D eigenvalue weighted by Crippen LogP contribution is 2.22. The molecule has 1 fully saturated rings. The number of nitrogens with one attached hydrogen (secondary N) is 1. The third-order valence-electron chi connectivity index (χ3n) is 3.02. The highest BCUT2D eigenvalue weighted by Gasteiger charge is 2.26. The monoisotopic (exact) mass is 262 g/mol. The number of ether oxygens (including phenoxy) is 1. The third kappa shape index (κ3) is 3.47. The van der Waals surface area contributed by atoms with E-state index in [1.165, 1.54) is 0 Å². The van der Waals surface area contributed by atoms with E-state index in [-0.39, 0.29) is 5.91 Å². The molecule has 0 bridgehead atoms. The van der Waals surface area contributed by atoms with E-state index in [1.54, 1.807) is 26.0 Å². The van der Waals surface area contributed by atoms with Gasteiger partial charge in [-0.3, -0.25) is 4.79 Å². The predicted molar refractivity (Wildman–Crippen MR) is 71.7 cm³/mol. The molecule has 1 saturated carbocycles. The van der Waals surface area contributed by atoms with Gasteiger partial charge in [0.2, 0.25) is 0 Å². The van der Waals surface area contributed by atoms with Gasteiger partial charge in [0, 0.05) is 11.6 Å². The summed E-state index contributed by atoms with van der Waals surface area (Å²) >= 11 is 0.